The van der Waals surface area contributed by atoms with Crippen LogP contribution in [0.25, 0.3) is 99.5 Å². The van der Waals surface area contributed by atoms with Gasteiger partial charge in [-0.1, -0.05) is 127 Å². The molecule has 0 amide bonds. The first kappa shape index (κ1) is 16.4. The van der Waals surface area contributed by atoms with Crippen molar-refractivity contribution in [2.24, 2.45) is 0 Å². The van der Waals surface area contributed by atoms with Crippen molar-refractivity contribution in [3.8, 4) is 45.3 Å². The van der Waals surface area contributed by atoms with Gasteiger partial charge in [-0.05, 0) is 79.8 Å². The number of hydrogen-bond donors (Lipinski definition) is 0. The van der Waals surface area contributed by atoms with Gasteiger partial charge in [-0.3, -0.25) is 0 Å². The highest BCUT2D eigenvalue weighted by Crippen LogP contribution is 2.38. The van der Waals surface area contributed by atoms with Crippen molar-refractivity contribution in [1.82, 2.24) is 15.0 Å². The van der Waals surface area contributed by atoms with Gasteiger partial charge in [-0.25, -0.2) is 15.0 Å². The lowest BCUT2D eigenvalue weighted by Gasteiger charge is -2.13. The molecule has 2 aromatic heterocycles. The van der Waals surface area contributed by atoms with E-state index in [0.717, 1.165) is 10.8 Å². The number of para-hydroxylation sites is 1. The minimum Gasteiger partial charge on any atom is -0.456 e. The third-order valence-corrected chi connectivity index (χ3v) is 8.34. The fourth-order valence-electron chi connectivity index (χ4n) is 6.06. The lowest BCUT2D eigenvalue weighted by Crippen LogP contribution is -2.00. The van der Waals surface area contributed by atoms with Crippen molar-refractivity contribution in [2.75, 3.05) is 0 Å². The minimum atomic E-state index is -0.779. The molecule has 0 radical (unpaired) electrons. The fourth-order valence-corrected chi connectivity index (χ4v) is 6.06. The molecule has 0 bridgehead atoms. The summed E-state index contributed by atoms with van der Waals surface area (Å²) in [6.45, 7) is 0. The van der Waals surface area contributed by atoms with Crippen LogP contribution in [0.5, 0.6) is 0 Å². The Morgan fingerprint density at radius 2 is 0.939 bits per heavy atom. The summed E-state index contributed by atoms with van der Waals surface area (Å²) in [6, 6.07) is 11.1. The summed E-state index contributed by atoms with van der Waals surface area (Å²) in [7, 11) is 0. The van der Waals surface area contributed by atoms with Crippen molar-refractivity contribution in [3.05, 3.63) is 163 Å². The molecular formula is C45H27N3O. The molecule has 8 aromatic carbocycles. The Morgan fingerprint density at radius 1 is 0.367 bits per heavy atom. The smallest absolute Gasteiger partial charge is 0.164 e. The van der Waals surface area contributed by atoms with Gasteiger partial charge in [0.15, 0.2) is 17.5 Å². The van der Waals surface area contributed by atoms with Gasteiger partial charge in [0.05, 0.1) is 20.6 Å². The highest BCUT2D eigenvalue weighted by molar-refractivity contribution is 6.25. The Hall–Kier alpha value is -6.65. The van der Waals surface area contributed by atoms with E-state index in [1.54, 1.807) is 42.5 Å². The monoisotopic (exact) mass is 640 g/mol. The van der Waals surface area contributed by atoms with E-state index >= 15 is 0 Å². The van der Waals surface area contributed by atoms with Crippen molar-refractivity contribution < 1.29 is 25.0 Å². The fraction of sp³-hybridized carbons (Fsp3) is 0. The van der Waals surface area contributed by atoms with Gasteiger partial charge in [0.2, 0.25) is 0 Å². The van der Waals surface area contributed by atoms with Crippen molar-refractivity contribution in [1.29, 1.82) is 0 Å². The zero-order valence-corrected chi connectivity index (χ0v) is 25.2. The predicted molar refractivity (Wildman–Crippen MR) is 201 cm³/mol. The Bertz CT molecular complexity index is 3700. The molecule has 0 aliphatic carbocycles. The Morgan fingerprint density at radius 3 is 1.69 bits per heavy atom. The molecule has 0 spiro atoms. The van der Waals surface area contributed by atoms with E-state index in [9.17, 15) is 5.48 Å². The molecule has 4 heteroatoms. The predicted octanol–water partition coefficient (Wildman–Crippen LogP) is 11.9. The van der Waals surface area contributed by atoms with Crippen molar-refractivity contribution in [3.63, 3.8) is 0 Å². The van der Waals surface area contributed by atoms with Crippen LogP contribution >= 0.6 is 0 Å². The normalized spacial score (nSPS) is 16.0. The number of hydrogen-bond acceptors (Lipinski definition) is 4. The Kier molecular flexibility index (Phi) is 3.68. The van der Waals surface area contributed by atoms with E-state index in [-0.39, 0.29) is 50.0 Å². The lowest BCUT2D eigenvalue weighted by atomic mass is 9.92. The summed E-state index contributed by atoms with van der Waals surface area (Å²) < 4.78 is 141. The molecule has 0 fully saturated rings. The zero-order valence-electron chi connectivity index (χ0n) is 40.2. The average molecular weight is 641 g/mol. The Labute approximate surface area is 303 Å². The summed E-state index contributed by atoms with van der Waals surface area (Å²) in [5, 5.41) is -0.594. The molecular weight excluding hydrogens is 599 g/mol. The van der Waals surface area contributed by atoms with E-state index in [4.69, 9.17) is 29.5 Å². The third-order valence-electron chi connectivity index (χ3n) is 8.34. The maximum Gasteiger partial charge on any atom is 0.164 e. The van der Waals surface area contributed by atoms with E-state index in [0.29, 0.717) is 22.3 Å². The molecule has 0 atom stereocenters. The first-order chi connectivity index (χ1) is 30.5. The maximum absolute atomic E-state index is 9.71. The van der Waals surface area contributed by atoms with E-state index in [1.165, 1.54) is 0 Å². The van der Waals surface area contributed by atoms with E-state index < -0.39 is 107 Å². The molecule has 10 rings (SSSR count). The van der Waals surface area contributed by atoms with Crippen LogP contribution in [0, 0.1) is 0 Å². The molecule has 2 heterocycles. The quantitative estimate of drug-likeness (QED) is 0.180. The van der Waals surface area contributed by atoms with Crippen LogP contribution in [-0.2, 0) is 0 Å². The summed E-state index contributed by atoms with van der Waals surface area (Å²) in [6.07, 6.45) is 0. The van der Waals surface area contributed by atoms with Crippen LogP contribution < -0.4 is 0 Å². The van der Waals surface area contributed by atoms with Gasteiger partial charge in [0, 0.05) is 27.5 Å². The lowest BCUT2D eigenvalue weighted by molar-refractivity contribution is 0.669. The molecule has 0 aliphatic rings. The van der Waals surface area contributed by atoms with Gasteiger partial charge in [-0.15, -0.1) is 0 Å². The van der Waals surface area contributed by atoms with Gasteiger partial charge in [0.25, 0.3) is 0 Å². The number of benzene rings is 8. The maximum atomic E-state index is 9.71. The number of fused-ring (bicyclic) bond motifs is 9. The van der Waals surface area contributed by atoms with Crippen molar-refractivity contribution >= 4 is 54.3 Å². The number of nitrogens with zero attached hydrogens (tertiary/aromatic N) is 3. The second kappa shape index (κ2) is 11.0. The van der Waals surface area contributed by atoms with Gasteiger partial charge in [-0.2, -0.15) is 0 Å². The molecule has 4 nitrogen and oxygen atoms in total. The van der Waals surface area contributed by atoms with Crippen LogP contribution in [0.2, 0.25) is 0 Å². The van der Waals surface area contributed by atoms with Gasteiger partial charge < -0.3 is 4.42 Å². The second-order valence-electron chi connectivity index (χ2n) is 11.2. The molecule has 0 N–H and O–H groups in total. The third kappa shape index (κ3) is 4.57. The zero-order chi connectivity index (χ0) is 45.4. The summed E-state index contributed by atoms with van der Waals surface area (Å²) in [4.78, 5) is 14.2. The highest BCUT2D eigenvalue weighted by atomic mass is 16.3. The van der Waals surface area contributed by atoms with Crippen molar-refractivity contribution in [2.45, 2.75) is 0 Å². The number of aromatic nitrogens is 3. The highest BCUT2D eigenvalue weighted by Gasteiger charge is 2.16. The number of rotatable bonds is 4. The van der Waals surface area contributed by atoms with Crippen LogP contribution in [0.4, 0.5) is 0 Å². The number of furan rings is 1. The van der Waals surface area contributed by atoms with Gasteiger partial charge >= 0.3 is 0 Å². The summed E-state index contributed by atoms with van der Waals surface area (Å²) >= 11 is 0. The molecule has 0 saturated carbocycles. The SMILES string of the molecule is [2H]c1c([2H])c(-c2nc(-c3ccccc3)nc(-c3ccc4oc5ccccc5c4c3)n2)c([2H])c(-c2c([2H])c([2H])c3c4c([2H])c([2H])c([2H])c([2H])c4c4c([2H])c([2H])c([2H])c([2H])c4c3c2[2H])c1[2H]. The second-order valence-corrected chi connectivity index (χ2v) is 11.2. The topological polar surface area (TPSA) is 51.8 Å². The Balaban J connectivity index is 1.32. The largest absolute Gasteiger partial charge is 0.456 e. The molecule has 0 unspecified atom stereocenters. The minimum absolute atomic E-state index is 0.122. The standard InChI is InChI=1S/C45H27N3O/c1-2-11-28(12-3-1)43-46-44(48-45(47-43)32-22-24-42-40(27-32)38-19-8-9-20-41(38)49-42)31-14-10-13-29(25-31)30-21-23-37-35-17-5-4-15-33(35)34-16-6-7-18-36(34)39(37)26-30/h1-27H/i4D,5D,6D,7D,10D,13D,14D,15D,16D,17D,18D,21D,23D,25D,26D. The van der Waals surface area contributed by atoms with Crippen LogP contribution in [0.15, 0.2) is 168 Å². The van der Waals surface area contributed by atoms with Crippen LogP contribution in [0.1, 0.15) is 20.6 Å². The van der Waals surface area contributed by atoms with Gasteiger partial charge in [0.1, 0.15) is 11.2 Å². The summed E-state index contributed by atoms with van der Waals surface area (Å²) in [5.41, 5.74) is 0.858. The first-order valence-electron chi connectivity index (χ1n) is 22.7. The summed E-state index contributed by atoms with van der Waals surface area (Å²) in [5.74, 6) is 0.00630. The van der Waals surface area contributed by atoms with Crippen LogP contribution in [0.3, 0.4) is 0 Å². The molecule has 0 saturated heterocycles. The molecule has 49 heavy (non-hydrogen) atoms. The van der Waals surface area contributed by atoms with E-state index in [1.807, 2.05) is 30.3 Å². The molecule has 228 valence electrons. The average Bonchev–Trinajstić information content (AvgIpc) is 3.68. The van der Waals surface area contributed by atoms with E-state index in [2.05, 4.69) is 4.98 Å². The molecule has 0 aliphatic heterocycles. The molecule has 10 aromatic rings. The first-order valence-corrected chi connectivity index (χ1v) is 15.2. The van der Waals surface area contributed by atoms with Crippen LogP contribution in [-0.4, -0.2) is 15.0 Å².